The highest BCUT2D eigenvalue weighted by molar-refractivity contribution is 5.95. The first-order chi connectivity index (χ1) is 12.3. The van der Waals surface area contributed by atoms with Gasteiger partial charge in [0, 0.05) is 5.56 Å². The fraction of sp³-hybridized carbons (Fsp3) is 0.524. The summed E-state index contributed by atoms with van der Waals surface area (Å²) >= 11 is 0. The minimum atomic E-state index is -0.266. The average Bonchev–Trinajstić information content (AvgIpc) is 2.61. The summed E-state index contributed by atoms with van der Waals surface area (Å²) in [6.45, 7) is 8.53. The number of carbonyl (C=O) groups is 1. The quantitative estimate of drug-likeness (QED) is 0.614. The second-order valence-electron chi connectivity index (χ2n) is 7.98. The van der Waals surface area contributed by atoms with Gasteiger partial charge in [0.25, 0.3) is 5.91 Å². The summed E-state index contributed by atoms with van der Waals surface area (Å²) in [6, 6.07) is 5.13. The van der Waals surface area contributed by atoms with E-state index in [0.29, 0.717) is 28.4 Å². The van der Waals surface area contributed by atoms with E-state index in [9.17, 15) is 4.79 Å². The zero-order valence-electron chi connectivity index (χ0n) is 16.2. The normalized spacial score (nSPS) is 23.4. The molecule has 0 aliphatic heterocycles. The van der Waals surface area contributed by atoms with Crippen LogP contribution in [0.15, 0.2) is 34.9 Å². The van der Waals surface area contributed by atoms with E-state index in [2.05, 4.69) is 30.5 Å². The van der Waals surface area contributed by atoms with E-state index in [-0.39, 0.29) is 12.0 Å². The number of nitrogens with zero attached hydrogens (tertiary/aromatic N) is 1. The summed E-state index contributed by atoms with van der Waals surface area (Å²) in [5.74, 6) is 2.23. The molecule has 1 N–H and O–H groups in total. The molecule has 1 saturated carbocycles. The Morgan fingerprint density at radius 3 is 2.73 bits per heavy atom. The van der Waals surface area contributed by atoms with Crippen LogP contribution in [0.1, 0.15) is 50.9 Å². The summed E-state index contributed by atoms with van der Waals surface area (Å²) in [6.07, 6.45) is 6.42. The molecule has 0 heterocycles. The van der Waals surface area contributed by atoms with Crippen LogP contribution in [0.25, 0.3) is 0 Å². The number of hydrogen-bond donors (Lipinski definition) is 1. The molecule has 1 aromatic carbocycles. The number of carbonyl (C=O) groups excluding carboxylic acids is 1. The molecule has 1 amide bonds. The highest BCUT2D eigenvalue weighted by atomic mass is 16.5. The molecule has 5 nitrogen and oxygen atoms in total. The van der Waals surface area contributed by atoms with Gasteiger partial charge in [-0.25, -0.2) is 5.43 Å². The van der Waals surface area contributed by atoms with Crippen molar-refractivity contribution in [1.82, 2.24) is 5.43 Å². The molecule has 0 radical (unpaired) electrons. The average molecular weight is 356 g/mol. The number of benzene rings is 1. The molecule has 3 aliphatic carbocycles. The molecule has 140 valence electrons. The van der Waals surface area contributed by atoms with Gasteiger partial charge in [-0.3, -0.25) is 4.79 Å². The second kappa shape index (κ2) is 7.14. The van der Waals surface area contributed by atoms with Crippen LogP contribution in [0.3, 0.4) is 0 Å². The minimum absolute atomic E-state index is 0.0345. The SMILES string of the molecule is COc1cc(C(=O)N/N=C/C2=CCC3CC2C3(C)C)ccc1OC(C)C. The zero-order valence-corrected chi connectivity index (χ0v) is 16.2. The lowest BCUT2D eigenvalue weighted by Crippen LogP contribution is -2.48. The predicted molar refractivity (Wildman–Crippen MR) is 103 cm³/mol. The van der Waals surface area contributed by atoms with Crippen molar-refractivity contribution in [3.63, 3.8) is 0 Å². The van der Waals surface area contributed by atoms with Crippen molar-refractivity contribution in [1.29, 1.82) is 0 Å². The molecule has 0 saturated heterocycles. The fourth-order valence-corrected chi connectivity index (χ4v) is 3.94. The predicted octanol–water partition coefficient (Wildman–Crippen LogP) is 4.19. The Labute approximate surface area is 155 Å². The van der Waals surface area contributed by atoms with Crippen molar-refractivity contribution in [2.45, 2.75) is 46.6 Å². The highest BCUT2D eigenvalue weighted by Crippen LogP contribution is 2.58. The maximum Gasteiger partial charge on any atom is 0.271 e. The van der Waals surface area contributed by atoms with Gasteiger partial charge in [-0.2, -0.15) is 5.10 Å². The largest absolute Gasteiger partial charge is 0.493 e. The third-order valence-corrected chi connectivity index (χ3v) is 5.68. The van der Waals surface area contributed by atoms with E-state index in [1.165, 1.54) is 12.0 Å². The first-order valence-electron chi connectivity index (χ1n) is 9.21. The first kappa shape index (κ1) is 18.5. The summed E-state index contributed by atoms with van der Waals surface area (Å²) in [7, 11) is 1.56. The Kier molecular flexibility index (Phi) is 5.08. The maximum absolute atomic E-state index is 12.4. The monoisotopic (exact) mass is 356 g/mol. The number of amides is 1. The summed E-state index contributed by atoms with van der Waals surface area (Å²) in [5.41, 5.74) is 4.68. The Hall–Kier alpha value is -2.30. The van der Waals surface area contributed by atoms with Crippen LogP contribution in [0.2, 0.25) is 0 Å². The van der Waals surface area contributed by atoms with E-state index < -0.39 is 0 Å². The zero-order chi connectivity index (χ0) is 18.9. The van der Waals surface area contributed by atoms with E-state index in [0.717, 1.165) is 12.3 Å². The number of rotatable bonds is 6. The third-order valence-electron chi connectivity index (χ3n) is 5.68. The molecule has 26 heavy (non-hydrogen) atoms. The van der Waals surface area contributed by atoms with Gasteiger partial charge in [0.05, 0.1) is 19.4 Å². The molecule has 5 heteroatoms. The Morgan fingerprint density at radius 1 is 1.35 bits per heavy atom. The van der Waals surface area contributed by atoms with Crippen LogP contribution >= 0.6 is 0 Å². The van der Waals surface area contributed by atoms with Crippen LogP contribution in [-0.2, 0) is 0 Å². The summed E-state index contributed by atoms with van der Waals surface area (Å²) < 4.78 is 11.0. The number of allylic oxidation sites excluding steroid dienone is 2. The Morgan fingerprint density at radius 2 is 2.12 bits per heavy atom. The third kappa shape index (κ3) is 3.48. The van der Waals surface area contributed by atoms with E-state index >= 15 is 0 Å². The molecule has 4 rings (SSSR count). The summed E-state index contributed by atoms with van der Waals surface area (Å²) in [5, 5.41) is 4.17. The summed E-state index contributed by atoms with van der Waals surface area (Å²) in [4.78, 5) is 12.4. The second-order valence-corrected chi connectivity index (χ2v) is 7.98. The van der Waals surface area contributed by atoms with E-state index in [4.69, 9.17) is 9.47 Å². The molecular weight excluding hydrogens is 328 g/mol. The van der Waals surface area contributed by atoms with Crippen LogP contribution in [0, 0.1) is 17.3 Å². The van der Waals surface area contributed by atoms with Gasteiger partial charge in [-0.15, -0.1) is 0 Å². The fourth-order valence-electron chi connectivity index (χ4n) is 3.94. The lowest BCUT2D eigenvalue weighted by Gasteiger charge is -2.55. The molecule has 2 bridgehead atoms. The van der Waals surface area contributed by atoms with Crippen molar-refractivity contribution in [2.24, 2.45) is 22.4 Å². The minimum Gasteiger partial charge on any atom is -0.493 e. The maximum atomic E-state index is 12.4. The van der Waals surface area contributed by atoms with Crippen molar-refractivity contribution >= 4 is 12.1 Å². The van der Waals surface area contributed by atoms with Crippen LogP contribution in [0.5, 0.6) is 11.5 Å². The topological polar surface area (TPSA) is 59.9 Å². The number of methoxy groups -OCH3 is 1. The molecule has 0 aromatic heterocycles. The molecular formula is C21H28N2O3. The van der Waals surface area contributed by atoms with Gasteiger partial charge in [0.2, 0.25) is 0 Å². The Bertz CT molecular complexity index is 750. The van der Waals surface area contributed by atoms with Crippen LogP contribution in [0.4, 0.5) is 0 Å². The standard InChI is InChI=1S/C21H28N2O3/c1-13(2)26-18-9-7-14(10-19(18)25-5)20(24)23-22-12-15-6-8-16-11-17(15)21(16,3)4/h6-7,9-10,12-13,16-17H,8,11H2,1-5H3,(H,23,24)/b22-12+. The smallest absolute Gasteiger partial charge is 0.271 e. The number of ether oxygens (including phenoxy) is 2. The highest BCUT2D eigenvalue weighted by Gasteiger charge is 2.50. The Balaban J connectivity index is 1.64. The van der Waals surface area contributed by atoms with Crippen LogP contribution < -0.4 is 14.9 Å². The number of hydrogen-bond acceptors (Lipinski definition) is 4. The van der Waals surface area contributed by atoms with Crippen molar-refractivity contribution in [3.05, 3.63) is 35.4 Å². The van der Waals surface area contributed by atoms with E-state index in [1.807, 2.05) is 13.8 Å². The molecule has 1 fully saturated rings. The van der Waals surface area contributed by atoms with E-state index in [1.54, 1.807) is 31.5 Å². The molecule has 0 spiro atoms. The van der Waals surface area contributed by atoms with Crippen molar-refractivity contribution in [3.8, 4) is 11.5 Å². The van der Waals surface area contributed by atoms with Gasteiger partial charge >= 0.3 is 0 Å². The first-order valence-corrected chi connectivity index (χ1v) is 9.21. The number of hydrazone groups is 1. The molecule has 2 atom stereocenters. The lowest BCUT2D eigenvalue weighted by molar-refractivity contribution is -0.00126. The number of nitrogens with one attached hydrogen (secondary N) is 1. The van der Waals surface area contributed by atoms with Gasteiger partial charge < -0.3 is 9.47 Å². The van der Waals surface area contributed by atoms with Gasteiger partial charge in [-0.1, -0.05) is 19.9 Å². The molecule has 1 aromatic rings. The molecule has 2 unspecified atom stereocenters. The molecule has 3 aliphatic rings. The van der Waals surface area contributed by atoms with Gasteiger partial charge in [-0.05, 0) is 67.7 Å². The van der Waals surface area contributed by atoms with Gasteiger partial charge in [0.15, 0.2) is 11.5 Å². The van der Waals surface area contributed by atoms with Crippen molar-refractivity contribution < 1.29 is 14.3 Å². The lowest BCUT2D eigenvalue weighted by atomic mass is 9.49. The number of fused-ring (bicyclic) bond motifs is 1. The van der Waals surface area contributed by atoms with Gasteiger partial charge in [0.1, 0.15) is 0 Å². The van der Waals surface area contributed by atoms with Crippen molar-refractivity contribution in [2.75, 3.05) is 7.11 Å². The van der Waals surface area contributed by atoms with Crippen LogP contribution in [-0.4, -0.2) is 25.3 Å².